The summed E-state index contributed by atoms with van der Waals surface area (Å²) in [5.74, 6) is 1.72. The molecule has 5 heteroatoms. The Bertz CT molecular complexity index is 828. The van der Waals surface area contributed by atoms with Crippen molar-refractivity contribution in [3.63, 3.8) is 0 Å². The molecule has 2 atom stereocenters. The highest BCUT2D eigenvalue weighted by atomic mass is 16.6. The van der Waals surface area contributed by atoms with E-state index in [4.69, 9.17) is 14.3 Å². The van der Waals surface area contributed by atoms with Gasteiger partial charge in [0.15, 0.2) is 17.6 Å². The maximum atomic E-state index is 5.80. The van der Waals surface area contributed by atoms with Crippen LogP contribution in [0.25, 0.3) is 0 Å². The summed E-state index contributed by atoms with van der Waals surface area (Å²) in [6.07, 6.45) is 0.852. The van der Waals surface area contributed by atoms with E-state index in [1.165, 1.54) is 11.3 Å². The Kier molecular flexibility index (Phi) is 3.79. The van der Waals surface area contributed by atoms with Crippen molar-refractivity contribution in [1.82, 2.24) is 0 Å². The summed E-state index contributed by atoms with van der Waals surface area (Å²) in [6, 6.07) is 12.6. The zero-order chi connectivity index (χ0) is 17.6. The van der Waals surface area contributed by atoms with Gasteiger partial charge in [0, 0.05) is 25.3 Å². The molecule has 1 aliphatic carbocycles. The van der Waals surface area contributed by atoms with Crippen molar-refractivity contribution >= 4 is 11.4 Å². The van der Waals surface area contributed by atoms with Crippen LogP contribution in [-0.2, 0) is 11.3 Å². The van der Waals surface area contributed by atoms with Gasteiger partial charge in [0.1, 0.15) is 0 Å². The van der Waals surface area contributed by atoms with E-state index in [0.717, 1.165) is 34.8 Å². The molecule has 25 heavy (non-hydrogen) atoms. The minimum absolute atomic E-state index is 0.0457. The van der Waals surface area contributed by atoms with Crippen molar-refractivity contribution < 1.29 is 14.3 Å². The lowest BCUT2D eigenvalue weighted by atomic mass is 9.92. The van der Waals surface area contributed by atoms with E-state index >= 15 is 0 Å². The molecule has 0 aromatic heterocycles. The Hall–Kier alpha value is -2.69. The Morgan fingerprint density at radius 1 is 1.04 bits per heavy atom. The fraction of sp³-hybridized carbons (Fsp3) is 0.350. The zero-order valence-corrected chi connectivity index (χ0v) is 14.9. The second kappa shape index (κ2) is 5.99. The minimum Gasteiger partial charge on any atom is -0.493 e. The molecule has 0 radical (unpaired) electrons. The van der Waals surface area contributed by atoms with Crippen LogP contribution in [-0.4, -0.2) is 34.0 Å². The summed E-state index contributed by atoms with van der Waals surface area (Å²) < 4.78 is 10.9. The summed E-state index contributed by atoms with van der Waals surface area (Å²) in [5.41, 5.74) is 5.68. The number of hydrogen-bond acceptors (Lipinski definition) is 5. The van der Waals surface area contributed by atoms with Gasteiger partial charge >= 0.3 is 0 Å². The van der Waals surface area contributed by atoms with Gasteiger partial charge in [-0.3, -0.25) is 0 Å². The number of benzene rings is 2. The van der Waals surface area contributed by atoms with Crippen molar-refractivity contribution in [2.75, 3.05) is 33.2 Å². The predicted octanol–water partition coefficient (Wildman–Crippen LogP) is 3.42. The summed E-state index contributed by atoms with van der Waals surface area (Å²) in [7, 11) is 7.39. The highest BCUT2D eigenvalue weighted by Gasteiger charge is 2.42. The number of nitrogens with zero attached hydrogens (tertiary/aromatic N) is 2. The average molecular weight is 338 g/mol. The van der Waals surface area contributed by atoms with Crippen LogP contribution in [0, 0.1) is 5.92 Å². The monoisotopic (exact) mass is 338 g/mol. The van der Waals surface area contributed by atoms with Crippen molar-refractivity contribution in [2.24, 2.45) is 11.1 Å². The molecule has 0 fully saturated rings. The number of hydrogen-bond donors (Lipinski definition) is 0. The van der Waals surface area contributed by atoms with E-state index < -0.39 is 0 Å². The van der Waals surface area contributed by atoms with Gasteiger partial charge in [0.2, 0.25) is 0 Å². The van der Waals surface area contributed by atoms with Gasteiger partial charge in [-0.05, 0) is 41.8 Å². The van der Waals surface area contributed by atoms with Gasteiger partial charge in [-0.1, -0.05) is 17.3 Å². The van der Waals surface area contributed by atoms with E-state index in [-0.39, 0.29) is 12.0 Å². The molecule has 2 aromatic carbocycles. The number of anilines is 1. The molecule has 130 valence electrons. The zero-order valence-electron chi connectivity index (χ0n) is 14.9. The van der Waals surface area contributed by atoms with Crippen molar-refractivity contribution in [2.45, 2.75) is 12.5 Å². The van der Waals surface area contributed by atoms with Crippen LogP contribution in [0.5, 0.6) is 11.5 Å². The Labute approximate surface area is 147 Å². The molecule has 0 saturated carbocycles. The lowest BCUT2D eigenvalue weighted by molar-refractivity contribution is 0.0614. The number of oxime groups is 1. The third kappa shape index (κ3) is 2.51. The van der Waals surface area contributed by atoms with Crippen LogP contribution >= 0.6 is 0 Å². The minimum atomic E-state index is -0.0457. The first-order valence-electron chi connectivity index (χ1n) is 8.38. The van der Waals surface area contributed by atoms with Gasteiger partial charge in [-0.2, -0.15) is 0 Å². The fourth-order valence-electron chi connectivity index (χ4n) is 3.67. The standard InChI is InChI=1S/C20H22N2O3/c1-22(2)14-7-5-12(6-8-14)20-16-9-13-10-17(23-3)18(24-4)11-15(13)19(16)21-25-20/h5-8,10-11,16,20H,9H2,1-4H3. The highest BCUT2D eigenvalue weighted by molar-refractivity contribution is 6.07. The van der Waals surface area contributed by atoms with Gasteiger partial charge in [0.05, 0.1) is 25.8 Å². The quantitative estimate of drug-likeness (QED) is 0.857. The van der Waals surface area contributed by atoms with Crippen LogP contribution in [0.15, 0.2) is 41.6 Å². The van der Waals surface area contributed by atoms with Crippen LogP contribution < -0.4 is 14.4 Å². The maximum Gasteiger partial charge on any atom is 0.161 e. The Morgan fingerprint density at radius 2 is 1.72 bits per heavy atom. The van der Waals surface area contributed by atoms with Crippen molar-refractivity contribution in [3.8, 4) is 11.5 Å². The molecular weight excluding hydrogens is 316 g/mol. The molecule has 2 aliphatic rings. The van der Waals surface area contributed by atoms with E-state index in [1.807, 2.05) is 20.2 Å². The summed E-state index contributed by atoms with van der Waals surface area (Å²) >= 11 is 0. The van der Waals surface area contributed by atoms with Crippen LogP contribution in [0.3, 0.4) is 0 Å². The molecule has 2 unspecified atom stereocenters. The van der Waals surface area contributed by atoms with E-state index in [1.54, 1.807) is 14.2 Å². The SMILES string of the molecule is COc1cc2c(cc1OC)C1=NOC(c3ccc(N(C)C)cc3)C1C2. The first kappa shape index (κ1) is 15.8. The molecule has 4 rings (SSSR count). The average Bonchev–Trinajstić information content (AvgIpc) is 3.19. The molecule has 0 saturated heterocycles. The maximum absolute atomic E-state index is 5.80. The van der Waals surface area contributed by atoms with Crippen LogP contribution in [0.1, 0.15) is 22.8 Å². The second-order valence-corrected chi connectivity index (χ2v) is 6.66. The smallest absolute Gasteiger partial charge is 0.161 e. The molecule has 0 bridgehead atoms. The lowest BCUT2D eigenvalue weighted by Crippen LogP contribution is -2.14. The highest BCUT2D eigenvalue weighted by Crippen LogP contribution is 2.45. The largest absolute Gasteiger partial charge is 0.493 e. The van der Waals surface area contributed by atoms with E-state index in [2.05, 4.69) is 40.4 Å². The molecule has 5 nitrogen and oxygen atoms in total. The summed E-state index contributed by atoms with van der Waals surface area (Å²) in [5, 5.41) is 4.40. The predicted molar refractivity (Wildman–Crippen MR) is 97.9 cm³/mol. The Balaban J connectivity index is 1.64. The van der Waals surface area contributed by atoms with Crippen LogP contribution in [0.4, 0.5) is 5.69 Å². The summed E-state index contributed by atoms with van der Waals surface area (Å²) in [4.78, 5) is 7.88. The molecular formula is C20H22N2O3. The van der Waals surface area contributed by atoms with Gasteiger partial charge < -0.3 is 19.2 Å². The van der Waals surface area contributed by atoms with Gasteiger partial charge in [0.25, 0.3) is 0 Å². The molecule has 1 heterocycles. The lowest BCUT2D eigenvalue weighted by Gasteiger charge is -2.17. The third-order valence-electron chi connectivity index (χ3n) is 5.04. The van der Waals surface area contributed by atoms with Crippen molar-refractivity contribution in [1.29, 1.82) is 0 Å². The molecule has 1 aliphatic heterocycles. The van der Waals surface area contributed by atoms with Gasteiger partial charge in [-0.15, -0.1) is 0 Å². The van der Waals surface area contributed by atoms with Gasteiger partial charge in [-0.25, -0.2) is 0 Å². The Morgan fingerprint density at radius 3 is 2.36 bits per heavy atom. The number of methoxy groups -OCH3 is 2. The molecule has 0 spiro atoms. The molecule has 0 N–H and O–H groups in total. The van der Waals surface area contributed by atoms with E-state index in [0.29, 0.717) is 0 Å². The van der Waals surface area contributed by atoms with E-state index in [9.17, 15) is 0 Å². The number of fused-ring (bicyclic) bond motifs is 3. The molecule has 2 aromatic rings. The topological polar surface area (TPSA) is 43.3 Å². The first-order chi connectivity index (χ1) is 12.1. The third-order valence-corrected chi connectivity index (χ3v) is 5.04. The normalized spacial score (nSPS) is 20.4. The number of rotatable bonds is 4. The molecule has 0 amide bonds. The summed E-state index contributed by atoms with van der Waals surface area (Å²) in [6.45, 7) is 0. The fourth-order valence-corrected chi connectivity index (χ4v) is 3.67. The second-order valence-electron chi connectivity index (χ2n) is 6.66. The van der Waals surface area contributed by atoms with Crippen molar-refractivity contribution in [3.05, 3.63) is 53.1 Å². The van der Waals surface area contributed by atoms with Crippen LogP contribution in [0.2, 0.25) is 0 Å². The first-order valence-corrected chi connectivity index (χ1v) is 8.38. The number of ether oxygens (including phenoxy) is 2.